The Kier molecular flexibility index (Phi) is 6.45. The van der Waals surface area contributed by atoms with Crippen LogP contribution in [0.25, 0.3) is 0 Å². The first kappa shape index (κ1) is 16.7. The summed E-state index contributed by atoms with van der Waals surface area (Å²) in [7, 11) is 0. The highest BCUT2D eigenvalue weighted by Gasteiger charge is 2.30. The van der Waals surface area contributed by atoms with Gasteiger partial charge in [-0.1, -0.05) is 13.8 Å². The van der Waals surface area contributed by atoms with Crippen molar-refractivity contribution in [2.45, 2.75) is 45.8 Å². The number of hydrogen-bond acceptors (Lipinski definition) is 4. The molecule has 2 aliphatic rings. The van der Waals surface area contributed by atoms with E-state index >= 15 is 0 Å². The van der Waals surface area contributed by atoms with Crippen LogP contribution in [0.2, 0.25) is 0 Å². The predicted octanol–water partition coefficient (Wildman–Crippen LogP) is 1.27. The van der Waals surface area contributed by atoms with Crippen LogP contribution in [0.4, 0.5) is 0 Å². The molecule has 2 aliphatic heterocycles. The monoisotopic (exact) mass is 298 g/mol. The molecule has 0 spiro atoms. The van der Waals surface area contributed by atoms with Gasteiger partial charge in [-0.15, -0.1) is 0 Å². The van der Waals surface area contributed by atoms with Gasteiger partial charge in [0.1, 0.15) is 0 Å². The number of nitrogens with zero attached hydrogens (tertiary/aromatic N) is 1. The first-order valence-corrected chi connectivity index (χ1v) is 8.28. The average Bonchev–Trinajstić information content (AvgIpc) is 2.94. The Bertz CT molecular complexity index is 329. The molecular weight excluding hydrogens is 268 g/mol. The lowest BCUT2D eigenvalue weighted by Gasteiger charge is -2.28. The van der Waals surface area contributed by atoms with Gasteiger partial charge < -0.3 is 19.7 Å². The van der Waals surface area contributed by atoms with Crippen molar-refractivity contribution in [2.75, 3.05) is 39.5 Å². The summed E-state index contributed by atoms with van der Waals surface area (Å²) in [4.78, 5) is 14.1. The zero-order valence-corrected chi connectivity index (χ0v) is 13.6. The predicted molar refractivity (Wildman–Crippen MR) is 82.2 cm³/mol. The normalized spacial score (nSPS) is 28.1. The minimum absolute atomic E-state index is 0.216. The number of ether oxygens (including phenoxy) is 2. The molecule has 5 nitrogen and oxygen atoms in total. The molecule has 1 N–H and O–H groups in total. The van der Waals surface area contributed by atoms with Crippen molar-refractivity contribution in [2.24, 2.45) is 11.8 Å². The number of morpholine rings is 1. The lowest BCUT2D eigenvalue weighted by atomic mass is 9.93. The zero-order chi connectivity index (χ0) is 15.2. The third-order valence-corrected chi connectivity index (χ3v) is 4.49. The maximum atomic E-state index is 12.2. The van der Waals surface area contributed by atoms with Gasteiger partial charge in [0.15, 0.2) is 0 Å². The maximum Gasteiger partial charge on any atom is 0.224 e. The summed E-state index contributed by atoms with van der Waals surface area (Å²) in [5, 5.41) is 3.52. The van der Waals surface area contributed by atoms with Crippen molar-refractivity contribution in [1.29, 1.82) is 0 Å². The number of carbonyl (C=O) groups excluding carboxylic acids is 1. The quantitative estimate of drug-likeness (QED) is 0.802. The van der Waals surface area contributed by atoms with Gasteiger partial charge in [-0.2, -0.15) is 0 Å². The highest BCUT2D eigenvalue weighted by Crippen LogP contribution is 2.26. The SMILES string of the molecule is CC(C)[C@H]1OCC[C@@H]1CN[C@@H](C)CC(=O)N1CCOCC1. The molecule has 0 aromatic rings. The summed E-state index contributed by atoms with van der Waals surface area (Å²) in [5.41, 5.74) is 0. The maximum absolute atomic E-state index is 12.2. The Morgan fingerprint density at radius 3 is 2.62 bits per heavy atom. The van der Waals surface area contributed by atoms with E-state index in [2.05, 4.69) is 26.1 Å². The van der Waals surface area contributed by atoms with Gasteiger partial charge in [0.05, 0.1) is 19.3 Å². The fourth-order valence-electron chi connectivity index (χ4n) is 3.24. The van der Waals surface area contributed by atoms with E-state index in [1.807, 2.05) is 4.90 Å². The van der Waals surface area contributed by atoms with Crippen molar-refractivity contribution in [3.63, 3.8) is 0 Å². The van der Waals surface area contributed by atoms with Gasteiger partial charge in [0.2, 0.25) is 5.91 Å². The minimum Gasteiger partial charge on any atom is -0.378 e. The molecule has 1 amide bonds. The highest BCUT2D eigenvalue weighted by molar-refractivity contribution is 5.76. The van der Waals surface area contributed by atoms with Crippen LogP contribution < -0.4 is 5.32 Å². The smallest absolute Gasteiger partial charge is 0.224 e. The highest BCUT2D eigenvalue weighted by atomic mass is 16.5. The molecule has 0 bridgehead atoms. The Balaban J connectivity index is 1.69. The molecular formula is C16H30N2O3. The summed E-state index contributed by atoms with van der Waals surface area (Å²) in [6.07, 6.45) is 2.06. The van der Waals surface area contributed by atoms with Gasteiger partial charge in [-0.25, -0.2) is 0 Å². The van der Waals surface area contributed by atoms with E-state index in [-0.39, 0.29) is 11.9 Å². The van der Waals surface area contributed by atoms with Gasteiger partial charge >= 0.3 is 0 Å². The molecule has 122 valence electrons. The van der Waals surface area contributed by atoms with E-state index in [9.17, 15) is 4.79 Å². The fraction of sp³-hybridized carbons (Fsp3) is 0.938. The molecule has 2 heterocycles. The molecule has 0 radical (unpaired) electrons. The van der Waals surface area contributed by atoms with Crippen LogP contribution >= 0.6 is 0 Å². The molecule has 0 unspecified atom stereocenters. The fourth-order valence-corrected chi connectivity index (χ4v) is 3.24. The Labute approximate surface area is 128 Å². The number of hydrogen-bond donors (Lipinski definition) is 1. The van der Waals surface area contributed by atoms with E-state index < -0.39 is 0 Å². The van der Waals surface area contributed by atoms with Gasteiger partial charge in [-0.05, 0) is 25.2 Å². The van der Waals surface area contributed by atoms with Crippen LogP contribution in [0.1, 0.15) is 33.6 Å². The van der Waals surface area contributed by atoms with Crippen molar-refractivity contribution in [3.05, 3.63) is 0 Å². The zero-order valence-electron chi connectivity index (χ0n) is 13.6. The number of carbonyl (C=O) groups is 1. The van der Waals surface area contributed by atoms with Crippen molar-refractivity contribution in [1.82, 2.24) is 10.2 Å². The summed E-state index contributed by atoms with van der Waals surface area (Å²) in [5.74, 6) is 1.37. The summed E-state index contributed by atoms with van der Waals surface area (Å²) < 4.78 is 11.1. The lowest BCUT2D eigenvalue weighted by molar-refractivity contribution is -0.135. The van der Waals surface area contributed by atoms with Crippen molar-refractivity contribution >= 4 is 5.91 Å². The first-order valence-electron chi connectivity index (χ1n) is 8.28. The Hall–Kier alpha value is -0.650. The molecule has 2 fully saturated rings. The van der Waals surface area contributed by atoms with E-state index in [4.69, 9.17) is 9.47 Å². The van der Waals surface area contributed by atoms with Crippen LogP contribution in [0.3, 0.4) is 0 Å². The molecule has 0 aromatic carbocycles. The lowest BCUT2D eigenvalue weighted by Crippen LogP contribution is -2.44. The van der Waals surface area contributed by atoms with Crippen molar-refractivity contribution in [3.8, 4) is 0 Å². The third kappa shape index (κ3) is 4.94. The largest absolute Gasteiger partial charge is 0.378 e. The summed E-state index contributed by atoms with van der Waals surface area (Å²) in [6, 6.07) is 0.216. The van der Waals surface area contributed by atoms with E-state index in [1.165, 1.54) is 0 Å². The van der Waals surface area contributed by atoms with Crippen LogP contribution in [-0.2, 0) is 14.3 Å². The van der Waals surface area contributed by atoms with Gasteiger partial charge in [0, 0.05) is 38.7 Å². The first-order chi connectivity index (χ1) is 10.1. The molecule has 3 atom stereocenters. The molecule has 2 rings (SSSR count). The second-order valence-electron chi connectivity index (χ2n) is 6.63. The molecule has 2 saturated heterocycles. The molecule has 5 heteroatoms. The number of amides is 1. The summed E-state index contributed by atoms with van der Waals surface area (Å²) in [6.45, 7) is 11.2. The number of nitrogens with one attached hydrogen (secondary N) is 1. The van der Waals surface area contributed by atoms with E-state index in [0.29, 0.717) is 37.6 Å². The molecule has 0 saturated carbocycles. The molecule has 0 aliphatic carbocycles. The van der Waals surface area contributed by atoms with Gasteiger partial charge in [0.25, 0.3) is 0 Å². The second-order valence-corrected chi connectivity index (χ2v) is 6.63. The number of rotatable bonds is 6. The van der Waals surface area contributed by atoms with E-state index in [0.717, 1.165) is 32.7 Å². The van der Waals surface area contributed by atoms with Crippen LogP contribution in [-0.4, -0.2) is 62.4 Å². The van der Waals surface area contributed by atoms with Crippen molar-refractivity contribution < 1.29 is 14.3 Å². The average molecular weight is 298 g/mol. The minimum atomic E-state index is 0.216. The third-order valence-electron chi connectivity index (χ3n) is 4.49. The Morgan fingerprint density at radius 1 is 1.24 bits per heavy atom. The topological polar surface area (TPSA) is 50.8 Å². The van der Waals surface area contributed by atoms with Crippen LogP contribution in [0.5, 0.6) is 0 Å². The van der Waals surface area contributed by atoms with Crippen LogP contribution in [0.15, 0.2) is 0 Å². The molecule has 0 aromatic heterocycles. The van der Waals surface area contributed by atoms with Crippen LogP contribution in [0, 0.1) is 11.8 Å². The van der Waals surface area contributed by atoms with E-state index in [1.54, 1.807) is 0 Å². The van der Waals surface area contributed by atoms with Gasteiger partial charge in [-0.3, -0.25) is 4.79 Å². The summed E-state index contributed by atoms with van der Waals surface area (Å²) >= 11 is 0. The Morgan fingerprint density at radius 2 is 1.95 bits per heavy atom. The molecule has 21 heavy (non-hydrogen) atoms. The standard InChI is InChI=1S/C16H30N2O3/c1-12(2)16-14(4-7-21-16)11-17-13(3)10-15(19)18-5-8-20-9-6-18/h12-14,16-17H,4-11H2,1-3H3/t13-,14+,16+/m0/s1. The second kappa shape index (κ2) is 8.11.